The smallest absolute Gasteiger partial charge is 0.231 e. The van der Waals surface area contributed by atoms with Gasteiger partial charge in [-0.25, -0.2) is 4.98 Å². The summed E-state index contributed by atoms with van der Waals surface area (Å²) in [6.45, 7) is 3.94. The standard InChI is InChI=1S/C28H29N5O2/c1-4-25(20-8-6-5-7-9-20)27(34)31-22-10-12-23(13-11-22)32-28-29-19(2)18-26(33-28)30-21-14-16-24(35-3)17-15-21/h5-18,25H,4H2,1-3H3,(H,31,34)(H2,29,30,32,33). The van der Waals surface area contributed by atoms with Gasteiger partial charge in [-0.3, -0.25) is 4.79 Å². The molecule has 4 aromatic rings. The maximum atomic E-state index is 12.8. The van der Waals surface area contributed by atoms with Crippen LogP contribution in [0.25, 0.3) is 0 Å². The van der Waals surface area contributed by atoms with Crippen LogP contribution >= 0.6 is 0 Å². The third-order valence-corrected chi connectivity index (χ3v) is 5.55. The van der Waals surface area contributed by atoms with Crippen molar-refractivity contribution in [3.63, 3.8) is 0 Å². The van der Waals surface area contributed by atoms with Crippen LogP contribution in [0.3, 0.4) is 0 Å². The van der Waals surface area contributed by atoms with Crippen molar-refractivity contribution in [2.45, 2.75) is 26.2 Å². The number of ether oxygens (including phenoxy) is 1. The first-order valence-electron chi connectivity index (χ1n) is 11.5. The number of methoxy groups -OCH3 is 1. The number of aryl methyl sites for hydroxylation is 1. The highest BCUT2D eigenvalue weighted by Gasteiger charge is 2.18. The molecule has 1 atom stereocenters. The lowest BCUT2D eigenvalue weighted by Crippen LogP contribution is -2.20. The number of nitrogens with one attached hydrogen (secondary N) is 3. The van der Waals surface area contributed by atoms with Gasteiger partial charge in [0.1, 0.15) is 11.6 Å². The van der Waals surface area contributed by atoms with E-state index in [1.807, 2.05) is 98.8 Å². The molecule has 0 aliphatic rings. The lowest BCUT2D eigenvalue weighted by Gasteiger charge is -2.16. The third-order valence-electron chi connectivity index (χ3n) is 5.55. The van der Waals surface area contributed by atoms with Crippen molar-refractivity contribution in [3.05, 3.63) is 96.2 Å². The second-order valence-electron chi connectivity index (χ2n) is 8.13. The predicted octanol–water partition coefficient (Wildman–Crippen LogP) is 6.41. The molecular weight excluding hydrogens is 438 g/mol. The second kappa shape index (κ2) is 11.2. The van der Waals surface area contributed by atoms with Crippen molar-refractivity contribution in [1.29, 1.82) is 0 Å². The molecule has 35 heavy (non-hydrogen) atoms. The third kappa shape index (κ3) is 6.35. The molecule has 0 radical (unpaired) electrons. The van der Waals surface area contributed by atoms with Crippen LogP contribution in [0.4, 0.5) is 28.8 Å². The highest BCUT2D eigenvalue weighted by molar-refractivity contribution is 5.96. The summed E-state index contributed by atoms with van der Waals surface area (Å²) in [6.07, 6.45) is 0.729. The van der Waals surface area contributed by atoms with Gasteiger partial charge in [-0.15, -0.1) is 0 Å². The van der Waals surface area contributed by atoms with E-state index in [4.69, 9.17) is 4.74 Å². The van der Waals surface area contributed by atoms with E-state index in [0.717, 1.165) is 40.5 Å². The van der Waals surface area contributed by atoms with Gasteiger partial charge in [0, 0.05) is 28.8 Å². The number of aromatic nitrogens is 2. The molecule has 1 aromatic heterocycles. The van der Waals surface area contributed by atoms with E-state index in [1.165, 1.54) is 0 Å². The van der Waals surface area contributed by atoms with E-state index in [2.05, 4.69) is 25.9 Å². The molecule has 7 heteroatoms. The van der Waals surface area contributed by atoms with E-state index in [0.29, 0.717) is 11.8 Å². The van der Waals surface area contributed by atoms with Gasteiger partial charge in [-0.05, 0) is 67.4 Å². The minimum atomic E-state index is -0.189. The maximum Gasteiger partial charge on any atom is 0.231 e. The first-order chi connectivity index (χ1) is 17.0. The second-order valence-corrected chi connectivity index (χ2v) is 8.13. The van der Waals surface area contributed by atoms with Gasteiger partial charge in [0.2, 0.25) is 11.9 Å². The number of hydrogen-bond acceptors (Lipinski definition) is 6. The molecule has 4 rings (SSSR count). The Balaban J connectivity index is 1.41. The fraction of sp³-hybridized carbons (Fsp3) is 0.179. The van der Waals surface area contributed by atoms with Crippen LogP contribution in [0, 0.1) is 6.92 Å². The molecule has 0 saturated carbocycles. The summed E-state index contributed by atoms with van der Waals surface area (Å²) in [5.74, 6) is 1.75. The SMILES string of the molecule is CCC(C(=O)Nc1ccc(Nc2nc(C)cc(Nc3ccc(OC)cc3)n2)cc1)c1ccccc1. The van der Waals surface area contributed by atoms with Crippen molar-refractivity contribution in [2.75, 3.05) is 23.1 Å². The van der Waals surface area contributed by atoms with Crippen molar-refractivity contribution in [2.24, 2.45) is 0 Å². The van der Waals surface area contributed by atoms with Crippen molar-refractivity contribution >= 4 is 34.7 Å². The molecule has 1 unspecified atom stereocenters. The highest BCUT2D eigenvalue weighted by Crippen LogP contribution is 2.24. The molecule has 0 saturated heterocycles. The average Bonchev–Trinajstić information content (AvgIpc) is 2.86. The Labute approximate surface area is 205 Å². The number of amides is 1. The largest absolute Gasteiger partial charge is 0.497 e. The van der Waals surface area contributed by atoms with Crippen molar-refractivity contribution in [1.82, 2.24) is 9.97 Å². The van der Waals surface area contributed by atoms with Crippen LogP contribution in [0.15, 0.2) is 84.9 Å². The molecule has 0 fully saturated rings. The average molecular weight is 468 g/mol. The molecule has 178 valence electrons. The highest BCUT2D eigenvalue weighted by atomic mass is 16.5. The van der Waals surface area contributed by atoms with E-state index in [1.54, 1.807) is 7.11 Å². The molecule has 0 aliphatic carbocycles. The van der Waals surface area contributed by atoms with Gasteiger partial charge in [-0.2, -0.15) is 4.98 Å². The molecule has 0 spiro atoms. The Morgan fingerprint density at radius 1 is 0.857 bits per heavy atom. The molecule has 3 aromatic carbocycles. The molecule has 0 bridgehead atoms. The van der Waals surface area contributed by atoms with E-state index < -0.39 is 0 Å². The van der Waals surface area contributed by atoms with Gasteiger partial charge in [0.25, 0.3) is 0 Å². The van der Waals surface area contributed by atoms with E-state index in [-0.39, 0.29) is 11.8 Å². The molecule has 1 amide bonds. The lowest BCUT2D eigenvalue weighted by atomic mass is 9.95. The molecule has 3 N–H and O–H groups in total. The maximum absolute atomic E-state index is 12.8. The number of benzene rings is 3. The van der Waals surface area contributed by atoms with Gasteiger partial charge in [0.05, 0.1) is 13.0 Å². The topological polar surface area (TPSA) is 88.2 Å². The minimum absolute atomic E-state index is 0.0179. The Bertz CT molecular complexity index is 1260. The Hall–Kier alpha value is -4.39. The fourth-order valence-electron chi connectivity index (χ4n) is 3.76. The minimum Gasteiger partial charge on any atom is -0.497 e. The van der Waals surface area contributed by atoms with Crippen LogP contribution < -0.4 is 20.7 Å². The van der Waals surface area contributed by atoms with Gasteiger partial charge < -0.3 is 20.7 Å². The summed E-state index contributed by atoms with van der Waals surface area (Å²) >= 11 is 0. The Morgan fingerprint density at radius 2 is 1.49 bits per heavy atom. The summed E-state index contributed by atoms with van der Waals surface area (Å²) < 4.78 is 5.20. The molecular formula is C28H29N5O2. The Kier molecular flexibility index (Phi) is 7.57. The zero-order valence-corrected chi connectivity index (χ0v) is 20.1. The number of carbonyl (C=O) groups excluding carboxylic acids is 1. The molecule has 1 heterocycles. The van der Waals surface area contributed by atoms with Crippen LogP contribution in [0.5, 0.6) is 5.75 Å². The van der Waals surface area contributed by atoms with Crippen molar-refractivity contribution < 1.29 is 9.53 Å². The number of nitrogens with zero attached hydrogens (tertiary/aromatic N) is 2. The van der Waals surface area contributed by atoms with Gasteiger partial charge in [0.15, 0.2) is 0 Å². The fourth-order valence-corrected chi connectivity index (χ4v) is 3.76. The van der Waals surface area contributed by atoms with E-state index in [9.17, 15) is 4.79 Å². The quantitative estimate of drug-likeness (QED) is 0.263. The zero-order valence-electron chi connectivity index (χ0n) is 20.1. The summed E-state index contributed by atoms with van der Waals surface area (Å²) in [6, 6.07) is 26.9. The molecule has 0 aliphatic heterocycles. The van der Waals surface area contributed by atoms with Crippen LogP contribution in [-0.4, -0.2) is 23.0 Å². The number of anilines is 5. The summed E-state index contributed by atoms with van der Waals surface area (Å²) in [4.78, 5) is 21.9. The predicted molar refractivity (Wildman–Crippen MR) is 141 cm³/mol. The van der Waals surface area contributed by atoms with Gasteiger partial charge in [-0.1, -0.05) is 37.3 Å². The molecule has 7 nitrogen and oxygen atoms in total. The van der Waals surface area contributed by atoms with Crippen LogP contribution in [0.1, 0.15) is 30.5 Å². The van der Waals surface area contributed by atoms with Gasteiger partial charge >= 0.3 is 0 Å². The zero-order chi connectivity index (χ0) is 24.6. The summed E-state index contributed by atoms with van der Waals surface area (Å²) in [5, 5.41) is 9.54. The summed E-state index contributed by atoms with van der Waals surface area (Å²) in [7, 11) is 1.64. The van der Waals surface area contributed by atoms with Crippen LogP contribution in [0.2, 0.25) is 0 Å². The normalized spacial score (nSPS) is 11.4. The van der Waals surface area contributed by atoms with Crippen LogP contribution in [-0.2, 0) is 4.79 Å². The van der Waals surface area contributed by atoms with Crippen molar-refractivity contribution in [3.8, 4) is 5.75 Å². The first-order valence-corrected chi connectivity index (χ1v) is 11.5. The Morgan fingerprint density at radius 3 is 2.14 bits per heavy atom. The summed E-state index contributed by atoms with van der Waals surface area (Å²) in [5.41, 5.74) is 4.30. The number of rotatable bonds is 9. The number of hydrogen-bond donors (Lipinski definition) is 3. The number of carbonyl (C=O) groups is 1. The lowest BCUT2D eigenvalue weighted by molar-refractivity contribution is -0.117. The monoisotopic (exact) mass is 467 g/mol. The van der Waals surface area contributed by atoms with E-state index >= 15 is 0 Å². The first kappa shape index (κ1) is 23.8.